The number of hydrogen-bond donors (Lipinski definition) is 1. The van der Waals surface area contributed by atoms with Gasteiger partial charge in [0.15, 0.2) is 0 Å². The number of anilines is 1. The number of nitrogens with zero attached hydrogens (tertiary/aromatic N) is 3. The van der Waals surface area contributed by atoms with Crippen molar-refractivity contribution in [2.75, 3.05) is 24.5 Å². The summed E-state index contributed by atoms with van der Waals surface area (Å²) in [6.45, 7) is 2.54. The highest BCUT2D eigenvalue weighted by atomic mass is 79.9. The van der Waals surface area contributed by atoms with E-state index in [0.29, 0.717) is 18.0 Å². The van der Waals surface area contributed by atoms with Crippen molar-refractivity contribution in [1.29, 1.82) is 0 Å². The molecule has 1 saturated heterocycles. The van der Waals surface area contributed by atoms with Gasteiger partial charge >= 0.3 is 0 Å². The van der Waals surface area contributed by atoms with Crippen molar-refractivity contribution in [3.05, 3.63) is 77.0 Å². The maximum absolute atomic E-state index is 12.2. The van der Waals surface area contributed by atoms with E-state index in [1.54, 1.807) is 0 Å². The van der Waals surface area contributed by atoms with Crippen LogP contribution in [0, 0.1) is 5.92 Å². The number of carbonyl (C=O) groups excluding carboxylic acids is 1. The van der Waals surface area contributed by atoms with Gasteiger partial charge in [0.05, 0.1) is 6.20 Å². The fourth-order valence-electron chi connectivity index (χ4n) is 3.59. The Hall–Kier alpha value is -2.73. The summed E-state index contributed by atoms with van der Waals surface area (Å²) in [6, 6.07) is 19.5. The predicted molar refractivity (Wildman–Crippen MR) is 119 cm³/mol. The van der Waals surface area contributed by atoms with Gasteiger partial charge in [-0.2, -0.15) is 0 Å². The maximum Gasteiger partial charge on any atom is 0.251 e. The molecule has 1 aromatic heterocycles. The molecule has 29 heavy (non-hydrogen) atoms. The molecule has 4 rings (SSSR count). The average Bonchev–Trinajstić information content (AvgIpc) is 2.79. The lowest BCUT2D eigenvalue weighted by Crippen LogP contribution is -2.39. The first kappa shape index (κ1) is 19.6. The second kappa shape index (κ2) is 9.18. The SMILES string of the molecule is O=C(NCC1CCN(c2cnc(Br)c(-c3ccccc3)n2)CC1)c1ccccc1. The van der Waals surface area contributed by atoms with Crippen LogP contribution < -0.4 is 10.2 Å². The molecule has 1 fully saturated rings. The standard InChI is InChI=1S/C23H23BrN4O/c24-22-21(18-7-3-1-4-8-18)27-20(16-25-22)28-13-11-17(12-14-28)15-26-23(29)19-9-5-2-6-10-19/h1-10,16-17H,11-15H2,(H,26,29). The number of rotatable bonds is 5. The largest absolute Gasteiger partial charge is 0.355 e. The van der Waals surface area contributed by atoms with E-state index in [-0.39, 0.29) is 5.91 Å². The zero-order valence-electron chi connectivity index (χ0n) is 16.1. The monoisotopic (exact) mass is 450 g/mol. The Bertz CT molecular complexity index is 957. The Labute approximate surface area is 179 Å². The molecule has 1 aliphatic rings. The van der Waals surface area contributed by atoms with E-state index in [2.05, 4.69) is 31.1 Å². The van der Waals surface area contributed by atoms with Crippen molar-refractivity contribution in [2.45, 2.75) is 12.8 Å². The number of aromatic nitrogens is 2. The van der Waals surface area contributed by atoms with Crippen LogP contribution in [0.3, 0.4) is 0 Å². The summed E-state index contributed by atoms with van der Waals surface area (Å²) in [5.41, 5.74) is 2.62. The molecule has 1 N–H and O–H groups in total. The van der Waals surface area contributed by atoms with Crippen molar-refractivity contribution >= 4 is 27.7 Å². The number of carbonyl (C=O) groups is 1. The molecule has 0 unspecified atom stereocenters. The van der Waals surface area contributed by atoms with Crippen LogP contribution in [0.1, 0.15) is 23.2 Å². The summed E-state index contributed by atoms with van der Waals surface area (Å²) < 4.78 is 0.756. The van der Waals surface area contributed by atoms with Gasteiger partial charge in [0.1, 0.15) is 16.1 Å². The molecule has 148 valence electrons. The minimum atomic E-state index is -0.000640. The Balaban J connectivity index is 1.35. The van der Waals surface area contributed by atoms with E-state index < -0.39 is 0 Å². The molecular weight excluding hydrogens is 428 g/mol. The fourth-order valence-corrected chi connectivity index (χ4v) is 4.01. The molecule has 6 heteroatoms. The third kappa shape index (κ3) is 4.82. The molecular formula is C23H23BrN4O. The predicted octanol–water partition coefficient (Wildman–Crippen LogP) is 4.55. The van der Waals surface area contributed by atoms with Crippen LogP contribution in [-0.2, 0) is 0 Å². The second-order valence-electron chi connectivity index (χ2n) is 7.24. The third-order valence-electron chi connectivity index (χ3n) is 5.29. The van der Waals surface area contributed by atoms with Gasteiger partial charge in [-0.3, -0.25) is 4.79 Å². The number of nitrogens with one attached hydrogen (secondary N) is 1. The van der Waals surface area contributed by atoms with Crippen LogP contribution >= 0.6 is 15.9 Å². The van der Waals surface area contributed by atoms with Crippen LogP contribution in [0.15, 0.2) is 71.5 Å². The Morgan fingerprint density at radius 2 is 1.69 bits per heavy atom. The molecule has 0 bridgehead atoms. The van der Waals surface area contributed by atoms with Gasteiger partial charge in [0.25, 0.3) is 5.91 Å². The van der Waals surface area contributed by atoms with Gasteiger partial charge in [-0.25, -0.2) is 9.97 Å². The molecule has 0 spiro atoms. The zero-order chi connectivity index (χ0) is 20.1. The lowest BCUT2D eigenvalue weighted by Gasteiger charge is -2.33. The average molecular weight is 451 g/mol. The van der Waals surface area contributed by atoms with E-state index in [0.717, 1.165) is 47.6 Å². The number of benzene rings is 2. The highest BCUT2D eigenvalue weighted by molar-refractivity contribution is 9.10. The van der Waals surface area contributed by atoms with Crippen molar-refractivity contribution in [3.8, 4) is 11.3 Å². The van der Waals surface area contributed by atoms with Gasteiger partial charge in [0.2, 0.25) is 0 Å². The second-order valence-corrected chi connectivity index (χ2v) is 7.99. The van der Waals surface area contributed by atoms with Gasteiger partial charge < -0.3 is 10.2 Å². The summed E-state index contributed by atoms with van der Waals surface area (Å²) >= 11 is 3.52. The summed E-state index contributed by atoms with van der Waals surface area (Å²) in [5.74, 6) is 1.38. The maximum atomic E-state index is 12.2. The molecule has 2 heterocycles. The highest BCUT2D eigenvalue weighted by Crippen LogP contribution is 2.28. The van der Waals surface area contributed by atoms with E-state index in [9.17, 15) is 4.79 Å². The van der Waals surface area contributed by atoms with Crippen LogP contribution in [0.4, 0.5) is 5.82 Å². The molecule has 0 radical (unpaired) electrons. The molecule has 1 aliphatic heterocycles. The number of hydrogen-bond acceptors (Lipinski definition) is 4. The lowest BCUT2D eigenvalue weighted by atomic mass is 9.96. The molecule has 0 aliphatic carbocycles. The van der Waals surface area contributed by atoms with Gasteiger partial charge in [-0.15, -0.1) is 0 Å². The summed E-state index contributed by atoms with van der Waals surface area (Å²) in [6.07, 6.45) is 3.87. The Morgan fingerprint density at radius 1 is 1.03 bits per heavy atom. The van der Waals surface area contributed by atoms with Crippen LogP contribution in [-0.4, -0.2) is 35.5 Å². The molecule has 5 nitrogen and oxygen atoms in total. The summed E-state index contributed by atoms with van der Waals surface area (Å²) in [5, 5.41) is 3.07. The summed E-state index contributed by atoms with van der Waals surface area (Å²) in [4.78, 5) is 23.9. The normalized spacial score (nSPS) is 14.6. The van der Waals surface area contributed by atoms with Gasteiger partial charge in [-0.05, 0) is 46.8 Å². The minimum absolute atomic E-state index is 0.000640. The van der Waals surface area contributed by atoms with Crippen molar-refractivity contribution in [1.82, 2.24) is 15.3 Å². The van der Waals surface area contributed by atoms with Gasteiger partial charge in [-0.1, -0.05) is 48.5 Å². The molecule has 2 aromatic carbocycles. The molecule has 0 atom stereocenters. The topological polar surface area (TPSA) is 58.1 Å². The molecule has 0 saturated carbocycles. The Morgan fingerprint density at radius 3 is 2.38 bits per heavy atom. The van der Waals surface area contributed by atoms with Crippen molar-refractivity contribution < 1.29 is 4.79 Å². The molecule has 3 aromatic rings. The van der Waals surface area contributed by atoms with Crippen LogP contribution in [0.2, 0.25) is 0 Å². The van der Waals surface area contributed by atoms with E-state index in [4.69, 9.17) is 4.98 Å². The number of piperidine rings is 1. The first-order chi connectivity index (χ1) is 14.2. The fraction of sp³-hybridized carbons (Fsp3) is 0.261. The van der Waals surface area contributed by atoms with E-state index in [1.165, 1.54) is 0 Å². The van der Waals surface area contributed by atoms with Crippen LogP contribution in [0.5, 0.6) is 0 Å². The summed E-state index contributed by atoms with van der Waals surface area (Å²) in [7, 11) is 0. The van der Waals surface area contributed by atoms with Gasteiger partial charge in [0, 0.05) is 30.8 Å². The number of amides is 1. The third-order valence-corrected chi connectivity index (χ3v) is 5.87. The van der Waals surface area contributed by atoms with Crippen LogP contribution in [0.25, 0.3) is 11.3 Å². The van der Waals surface area contributed by atoms with Crippen molar-refractivity contribution in [3.63, 3.8) is 0 Å². The first-order valence-electron chi connectivity index (χ1n) is 9.87. The molecule has 1 amide bonds. The van der Waals surface area contributed by atoms with Crippen molar-refractivity contribution in [2.24, 2.45) is 5.92 Å². The first-order valence-corrected chi connectivity index (χ1v) is 10.7. The lowest BCUT2D eigenvalue weighted by molar-refractivity contribution is 0.0945. The highest BCUT2D eigenvalue weighted by Gasteiger charge is 2.22. The zero-order valence-corrected chi connectivity index (χ0v) is 17.7. The number of halogens is 1. The smallest absolute Gasteiger partial charge is 0.251 e. The Kier molecular flexibility index (Phi) is 6.20. The minimum Gasteiger partial charge on any atom is -0.355 e. The quantitative estimate of drug-likeness (QED) is 0.619. The van der Waals surface area contributed by atoms with E-state index >= 15 is 0 Å². The van der Waals surface area contributed by atoms with E-state index in [1.807, 2.05) is 66.9 Å².